The molecule has 2 aromatic carbocycles. The molecule has 1 amide bonds. The number of anilines is 1. The fraction of sp³-hybridized carbons (Fsp3) is 0.118. The van der Waals surface area contributed by atoms with Crippen LogP contribution in [-0.4, -0.2) is 35.2 Å². The van der Waals surface area contributed by atoms with Crippen molar-refractivity contribution in [2.24, 2.45) is 0 Å². The second-order valence-corrected chi connectivity index (χ2v) is 4.95. The average molecular weight is 362 g/mol. The second-order valence-electron chi connectivity index (χ2n) is 4.95. The Balaban J connectivity index is 0.00000225. The molecule has 0 saturated carbocycles. The maximum atomic E-state index is 12.3. The zero-order valence-corrected chi connectivity index (χ0v) is 14.3. The molecule has 0 fully saturated rings. The van der Waals surface area contributed by atoms with Crippen molar-refractivity contribution in [3.63, 3.8) is 0 Å². The Bertz CT molecular complexity index is 900. The number of phenols is 1. The smallest absolute Gasteiger partial charge is 0.256 e. The number of amides is 1. The number of fused-ring (bicyclic) bond motifs is 1. The van der Waals surface area contributed by atoms with Gasteiger partial charge in [0.2, 0.25) is 0 Å². The molecule has 2 N–H and O–H groups in total. The second kappa shape index (κ2) is 7.67. The highest BCUT2D eigenvalue weighted by Gasteiger charge is 2.13. The van der Waals surface area contributed by atoms with Gasteiger partial charge in [0.05, 0.1) is 19.7 Å². The normalized spacial score (nSPS) is 10.0. The van der Waals surface area contributed by atoms with Gasteiger partial charge in [-0.2, -0.15) is 0 Å². The van der Waals surface area contributed by atoms with Gasteiger partial charge in [-0.3, -0.25) is 4.79 Å². The number of aromatic nitrogens is 2. The number of carbonyl (C=O) groups excluding carboxylic acids is 1. The topological polar surface area (TPSA) is 93.6 Å². The highest BCUT2D eigenvalue weighted by molar-refractivity contribution is 6.08. The van der Waals surface area contributed by atoms with Crippen molar-refractivity contribution >= 4 is 35.0 Å². The van der Waals surface area contributed by atoms with Crippen LogP contribution in [0.25, 0.3) is 10.9 Å². The fourth-order valence-electron chi connectivity index (χ4n) is 2.28. The minimum absolute atomic E-state index is 0. The molecule has 25 heavy (non-hydrogen) atoms. The number of rotatable bonds is 4. The number of nitrogens with one attached hydrogen (secondary N) is 1. The predicted octanol–water partition coefficient (Wildman–Crippen LogP) is 3.03. The van der Waals surface area contributed by atoms with Crippen LogP contribution in [0.4, 0.5) is 5.82 Å². The lowest BCUT2D eigenvalue weighted by atomic mass is 10.2. The number of ether oxygens (including phenoxy) is 2. The molecule has 0 saturated heterocycles. The first-order chi connectivity index (χ1) is 11.6. The summed E-state index contributed by atoms with van der Waals surface area (Å²) in [4.78, 5) is 20.7. The van der Waals surface area contributed by atoms with Gasteiger partial charge in [0.25, 0.3) is 5.91 Å². The Hall–Kier alpha value is -3.06. The van der Waals surface area contributed by atoms with E-state index in [4.69, 9.17) is 9.47 Å². The molecule has 0 bridgehead atoms. The van der Waals surface area contributed by atoms with Crippen LogP contribution in [0.2, 0.25) is 0 Å². The molecular weight excluding hydrogens is 346 g/mol. The van der Waals surface area contributed by atoms with E-state index in [2.05, 4.69) is 15.3 Å². The number of nitrogens with zero attached hydrogens (tertiary/aromatic N) is 2. The van der Waals surface area contributed by atoms with Gasteiger partial charge in [-0.15, -0.1) is 12.4 Å². The number of carbonyl (C=O) groups is 1. The van der Waals surface area contributed by atoms with Gasteiger partial charge in [-0.1, -0.05) is 0 Å². The van der Waals surface area contributed by atoms with Crippen molar-refractivity contribution in [1.82, 2.24) is 9.97 Å². The molecule has 0 aliphatic rings. The van der Waals surface area contributed by atoms with Crippen molar-refractivity contribution in [1.29, 1.82) is 0 Å². The molecule has 8 heteroatoms. The van der Waals surface area contributed by atoms with Crippen LogP contribution in [0.1, 0.15) is 10.4 Å². The number of halogens is 1. The van der Waals surface area contributed by atoms with Crippen LogP contribution in [0.3, 0.4) is 0 Å². The summed E-state index contributed by atoms with van der Waals surface area (Å²) < 4.78 is 10.5. The molecule has 0 radical (unpaired) electrons. The first kappa shape index (κ1) is 18.3. The van der Waals surface area contributed by atoms with Gasteiger partial charge in [0, 0.05) is 17.0 Å². The summed E-state index contributed by atoms with van der Waals surface area (Å²) in [5.41, 5.74) is 1.02. The summed E-state index contributed by atoms with van der Waals surface area (Å²) in [6, 6.07) is 9.36. The summed E-state index contributed by atoms with van der Waals surface area (Å²) in [5, 5.41) is 12.7. The van der Waals surface area contributed by atoms with Crippen molar-refractivity contribution in [2.45, 2.75) is 0 Å². The van der Waals surface area contributed by atoms with E-state index in [1.807, 2.05) is 0 Å². The van der Waals surface area contributed by atoms with Gasteiger partial charge < -0.3 is 19.9 Å². The Kier molecular flexibility index (Phi) is 5.61. The third-order valence-electron chi connectivity index (χ3n) is 3.50. The Morgan fingerprint density at radius 1 is 1.04 bits per heavy atom. The molecule has 7 nitrogen and oxygen atoms in total. The lowest BCUT2D eigenvalue weighted by Gasteiger charge is -2.11. The van der Waals surface area contributed by atoms with E-state index < -0.39 is 0 Å². The van der Waals surface area contributed by atoms with Crippen LogP contribution in [-0.2, 0) is 0 Å². The highest BCUT2D eigenvalue weighted by atomic mass is 35.5. The summed E-state index contributed by atoms with van der Waals surface area (Å²) in [6.45, 7) is 0. The van der Waals surface area contributed by atoms with E-state index in [0.717, 1.165) is 0 Å². The molecule has 1 heterocycles. The van der Waals surface area contributed by atoms with Crippen LogP contribution in [0.15, 0.2) is 42.7 Å². The van der Waals surface area contributed by atoms with Gasteiger partial charge in [0.15, 0.2) is 11.5 Å². The van der Waals surface area contributed by atoms with E-state index in [1.165, 1.54) is 37.7 Å². The number of aromatic hydroxyl groups is 1. The van der Waals surface area contributed by atoms with Crippen LogP contribution < -0.4 is 14.8 Å². The van der Waals surface area contributed by atoms with Crippen molar-refractivity contribution in [3.05, 3.63) is 48.3 Å². The number of benzene rings is 2. The summed E-state index contributed by atoms with van der Waals surface area (Å²) >= 11 is 0. The van der Waals surface area contributed by atoms with Crippen molar-refractivity contribution in [3.8, 4) is 17.2 Å². The third kappa shape index (κ3) is 3.72. The molecule has 0 aliphatic heterocycles. The van der Waals surface area contributed by atoms with Crippen molar-refractivity contribution < 1.29 is 19.4 Å². The lowest BCUT2D eigenvalue weighted by Crippen LogP contribution is -2.13. The molecule has 0 aliphatic carbocycles. The molecule has 130 valence electrons. The van der Waals surface area contributed by atoms with E-state index in [0.29, 0.717) is 33.8 Å². The van der Waals surface area contributed by atoms with Gasteiger partial charge >= 0.3 is 0 Å². The maximum absolute atomic E-state index is 12.3. The summed E-state index contributed by atoms with van der Waals surface area (Å²) in [7, 11) is 3.07. The molecule has 3 aromatic rings. The third-order valence-corrected chi connectivity index (χ3v) is 3.50. The SMILES string of the molecule is COc1cc2ncnc(NC(=O)c3ccc(O)cc3)c2cc1OC.Cl. The Labute approximate surface area is 150 Å². The molecule has 0 atom stereocenters. The van der Waals surface area contributed by atoms with Crippen LogP contribution in [0.5, 0.6) is 17.2 Å². The predicted molar refractivity (Wildman–Crippen MR) is 96.0 cm³/mol. The summed E-state index contributed by atoms with van der Waals surface area (Å²) in [5.74, 6) is 1.17. The molecular formula is C17H16ClN3O4. The van der Waals surface area contributed by atoms with E-state index in [-0.39, 0.29) is 24.1 Å². The minimum Gasteiger partial charge on any atom is -0.508 e. The first-order valence-corrected chi connectivity index (χ1v) is 7.09. The molecule has 0 unspecified atom stereocenters. The largest absolute Gasteiger partial charge is 0.508 e. The molecule has 1 aromatic heterocycles. The number of hydrogen-bond acceptors (Lipinski definition) is 6. The zero-order valence-electron chi connectivity index (χ0n) is 13.5. The monoisotopic (exact) mass is 361 g/mol. The van der Waals surface area contributed by atoms with E-state index in [9.17, 15) is 9.90 Å². The zero-order chi connectivity index (χ0) is 17.1. The van der Waals surface area contributed by atoms with Gasteiger partial charge in [-0.25, -0.2) is 9.97 Å². The maximum Gasteiger partial charge on any atom is 0.256 e. The lowest BCUT2D eigenvalue weighted by molar-refractivity contribution is 0.102. The Morgan fingerprint density at radius 3 is 2.32 bits per heavy atom. The first-order valence-electron chi connectivity index (χ1n) is 7.09. The fourth-order valence-corrected chi connectivity index (χ4v) is 2.28. The average Bonchev–Trinajstić information content (AvgIpc) is 2.61. The van der Waals surface area contributed by atoms with Crippen LogP contribution >= 0.6 is 12.4 Å². The van der Waals surface area contributed by atoms with E-state index >= 15 is 0 Å². The van der Waals surface area contributed by atoms with E-state index in [1.54, 1.807) is 19.2 Å². The Morgan fingerprint density at radius 2 is 1.68 bits per heavy atom. The molecule has 3 rings (SSSR count). The highest BCUT2D eigenvalue weighted by Crippen LogP contribution is 2.33. The number of hydrogen-bond donors (Lipinski definition) is 2. The quantitative estimate of drug-likeness (QED) is 0.741. The standard InChI is InChI=1S/C17H15N3O4.ClH/c1-23-14-7-12-13(8-15(14)24-2)18-9-19-16(12)20-17(22)10-3-5-11(21)6-4-10;/h3-9,21H,1-2H3,(H,18,19,20,22);1H. The summed E-state index contributed by atoms with van der Waals surface area (Å²) in [6.07, 6.45) is 1.36. The minimum atomic E-state index is -0.343. The molecule has 0 spiro atoms. The van der Waals surface area contributed by atoms with Crippen molar-refractivity contribution in [2.75, 3.05) is 19.5 Å². The number of phenolic OH excluding ortho intramolecular Hbond substituents is 1. The number of methoxy groups -OCH3 is 2. The van der Waals surface area contributed by atoms with Gasteiger partial charge in [-0.05, 0) is 30.3 Å². The van der Waals surface area contributed by atoms with Crippen LogP contribution in [0, 0.1) is 0 Å². The van der Waals surface area contributed by atoms with Gasteiger partial charge in [0.1, 0.15) is 17.9 Å².